The minimum absolute atomic E-state index is 0.581. The topological polar surface area (TPSA) is 79.8 Å². The van der Waals surface area contributed by atoms with Gasteiger partial charge in [-0.15, -0.1) is 0 Å². The van der Waals surface area contributed by atoms with E-state index < -0.39 is 11.8 Å². The van der Waals surface area contributed by atoms with Crippen molar-refractivity contribution in [2.75, 3.05) is 5.32 Å². The standard InChI is InChI=1S/C22H19N3O3/c1-16-8-5-6-13-20(16)24-21(26)22(27)25-23-15-17-9-7-12-19(14-17)28-18-10-3-2-4-11-18/h2-15H,1H3,(H,24,26)(H,25,27). The van der Waals surface area contributed by atoms with E-state index >= 15 is 0 Å². The molecule has 0 atom stereocenters. The van der Waals surface area contributed by atoms with Crippen LogP contribution < -0.4 is 15.5 Å². The monoisotopic (exact) mass is 373 g/mol. The van der Waals surface area contributed by atoms with Gasteiger partial charge in [0.15, 0.2) is 0 Å². The van der Waals surface area contributed by atoms with Crippen molar-refractivity contribution in [1.82, 2.24) is 5.43 Å². The predicted octanol–water partition coefficient (Wildman–Crippen LogP) is 3.88. The van der Waals surface area contributed by atoms with Gasteiger partial charge < -0.3 is 10.1 Å². The van der Waals surface area contributed by atoms with Crippen molar-refractivity contribution in [3.63, 3.8) is 0 Å². The molecule has 2 N–H and O–H groups in total. The largest absolute Gasteiger partial charge is 0.457 e. The molecule has 0 fully saturated rings. The van der Waals surface area contributed by atoms with Gasteiger partial charge in [-0.3, -0.25) is 9.59 Å². The summed E-state index contributed by atoms with van der Waals surface area (Å²) in [5, 5.41) is 6.38. The van der Waals surface area contributed by atoms with E-state index in [1.165, 1.54) is 6.21 Å². The Hall–Kier alpha value is -3.93. The van der Waals surface area contributed by atoms with Crippen LogP contribution in [0, 0.1) is 6.92 Å². The molecule has 28 heavy (non-hydrogen) atoms. The molecule has 6 heteroatoms. The van der Waals surface area contributed by atoms with E-state index in [2.05, 4.69) is 15.8 Å². The summed E-state index contributed by atoms with van der Waals surface area (Å²) in [4.78, 5) is 23.8. The molecule has 2 amide bonds. The van der Waals surface area contributed by atoms with Gasteiger partial charge in [-0.05, 0) is 48.4 Å². The molecular formula is C22H19N3O3. The number of anilines is 1. The second kappa shape index (κ2) is 9.14. The van der Waals surface area contributed by atoms with Crippen LogP contribution in [-0.4, -0.2) is 18.0 Å². The molecule has 0 aliphatic rings. The fraction of sp³-hybridized carbons (Fsp3) is 0.0455. The normalized spacial score (nSPS) is 10.5. The predicted molar refractivity (Wildman–Crippen MR) is 109 cm³/mol. The van der Waals surface area contributed by atoms with Gasteiger partial charge in [-0.1, -0.05) is 48.5 Å². The molecule has 0 radical (unpaired) electrons. The van der Waals surface area contributed by atoms with Gasteiger partial charge in [0, 0.05) is 5.69 Å². The van der Waals surface area contributed by atoms with Crippen molar-refractivity contribution in [3.8, 4) is 11.5 Å². The van der Waals surface area contributed by atoms with Crippen molar-refractivity contribution in [2.45, 2.75) is 6.92 Å². The van der Waals surface area contributed by atoms with Crippen molar-refractivity contribution >= 4 is 23.7 Å². The number of carbonyl (C=O) groups is 2. The van der Waals surface area contributed by atoms with Crippen molar-refractivity contribution in [3.05, 3.63) is 90.0 Å². The highest BCUT2D eigenvalue weighted by Crippen LogP contribution is 2.21. The molecule has 0 saturated carbocycles. The summed E-state index contributed by atoms with van der Waals surface area (Å²) in [7, 11) is 0. The number of hydrazone groups is 1. The smallest absolute Gasteiger partial charge is 0.329 e. The number of hydrogen-bond donors (Lipinski definition) is 2. The number of aryl methyl sites for hydroxylation is 1. The molecule has 0 aromatic heterocycles. The van der Waals surface area contributed by atoms with Gasteiger partial charge in [-0.25, -0.2) is 5.43 Å². The lowest BCUT2D eigenvalue weighted by atomic mass is 10.2. The molecule has 0 heterocycles. The molecule has 0 aliphatic heterocycles. The molecule has 0 aliphatic carbocycles. The summed E-state index contributed by atoms with van der Waals surface area (Å²) in [6.07, 6.45) is 1.44. The maximum absolute atomic E-state index is 11.9. The summed E-state index contributed by atoms with van der Waals surface area (Å²) >= 11 is 0. The minimum Gasteiger partial charge on any atom is -0.457 e. The average Bonchev–Trinajstić information content (AvgIpc) is 2.70. The van der Waals surface area contributed by atoms with Crippen LogP contribution >= 0.6 is 0 Å². The van der Waals surface area contributed by atoms with Crippen LogP contribution in [0.25, 0.3) is 0 Å². The van der Waals surface area contributed by atoms with E-state index in [0.717, 1.165) is 11.3 Å². The van der Waals surface area contributed by atoms with Crippen LogP contribution in [0.15, 0.2) is 84.0 Å². The molecule has 3 aromatic carbocycles. The third kappa shape index (κ3) is 5.28. The first kappa shape index (κ1) is 18.8. The van der Waals surface area contributed by atoms with Crippen molar-refractivity contribution in [2.24, 2.45) is 5.10 Å². The van der Waals surface area contributed by atoms with Crippen LogP contribution in [0.2, 0.25) is 0 Å². The zero-order chi connectivity index (χ0) is 19.8. The van der Waals surface area contributed by atoms with E-state index in [9.17, 15) is 9.59 Å². The zero-order valence-electron chi connectivity index (χ0n) is 15.3. The quantitative estimate of drug-likeness (QED) is 0.405. The van der Waals surface area contributed by atoms with E-state index in [1.807, 2.05) is 61.5 Å². The van der Waals surface area contributed by atoms with Gasteiger partial charge >= 0.3 is 11.8 Å². The zero-order valence-corrected chi connectivity index (χ0v) is 15.3. The van der Waals surface area contributed by atoms with E-state index in [-0.39, 0.29) is 0 Å². The highest BCUT2D eigenvalue weighted by Gasteiger charge is 2.13. The molecule has 0 bridgehead atoms. The lowest BCUT2D eigenvalue weighted by molar-refractivity contribution is -0.136. The summed E-state index contributed by atoms with van der Waals surface area (Å²) in [5.74, 6) is -0.277. The molecule has 140 valence electrons. The lowest BCUT2D eigenvalue weighted by Crippen LogP contribution is -2.32. The Morgan fingerprint density at radius 3 is 2.36 bits per heavy atom. The molecule has 3 aromatic rings. The number of amides is 2. The fourth-order valence-corrected chi connectivity index (χ4v) is 2.39. The Morgan fingerprint density at radius 1 is 0.857 bits per heavy atom. The van der Waals surface area contributed by atoms with Gasteiger partial charge in [0.25, 0.3) is 0 Å². The van der Waals surface area contributed by atoms with Gasteiger partial charge in [0.05, 0.1) is 6.21 Å². The van der Waals surface area contributed by atoms with Gasteiger partial charge in [-0.2, -0.15) is 5.10 Å². The number of ether oxygens (including phenoxy) is 1. The number of para-hydroxylation sites is 2. The van der Waals surface area contributed by atoms with E-state index in [4.69, 9.17) is 4.74 Å². The minimum atomic E-state index is -0.851. The maximum Gasteiger partial charge on any atom is 0.329 e. The Kier molecular flexibility index (Phi) is 6.15. The van der Waals surface area contributed by atoms with Gasteiger partial charge in [0.1, 0.15) is 11.5 Å². The Labute approximate surface area is 162 Å². The molecule has 6 nitrogen and oxygen atoms in total. The number of benzene rings is 3. The van der Waals surface area contributed by atoms with Crippen LogP contribution in [0.4, 0.5) is 5.69 Å². The first-order chi connectivity index (χ1) is 13.6. The van der Waals surface area contributed by atoms with Crippen LogP contribution in [0.1, 0.15) is 11.1 Å². The Balaban J connectivity index is 1.56. The third-order valence-corrected chi connectivity index (χ3v) is 3.82. The number of nitrogens with zero attached hydrogens (tertiary/aromatic N) is 1. The Bertz CT molecular complexity index is 1000. The molecule has 0 unspecified atom stereocenters. The lowest BCUT2D eigenvalue weighted by Gasteiger charge is -2.07. The number of carbonyl (C=O) groups excluding carboxylic acids is 2. The van der Waals surface area contributed by atoms with E-state index in [1.54, 1.807) is 24.3 Å². The summed E-state index contributed by atoms with van der Waals surface area (Å²) < 4.78 is 5.75. The molecular weight excluding hydrogens is 354 g/mol. The average molecular weight is 373 g/mol. The summed E-state index contributed by atoms with van der Waals surface area (Å²) in [5.41, 5.74) is 4.38. The summed E-state index contributed by atoms with van der Waals surface area (Å²) in [6.45, 7) is 1.84. The van der Waals surface area contributed by atoms with Crippen molar-refractivity contribution < 1.29 is 14.3 Å². The summed E-state index contributed by atoms with van der Waals surface area (Å²) in [6, 6.07) is 23.8. The molecule has 3 rings (SSSR count). The molecule has 0 spiro atoms. The van der Waals surface area contributed by atoms with Gasteiger partial charge in [0.2, 0.25) is 0 Å². The number of hydrogen-bond acceptors (Lipinski definition) is 4. The first-order valence-corrected chi connectivity index (χ1v) is 8.65. The maximum atomic E-state index is 11.9. The van der Waals surface area contributed by atoms with Crippen LogP contribution in [-0.2, 0) is 9.59 Å². The van der Waals surface area contributed by atoms with E-state index in [0.29, 0.717) is 17.0 Å². The second-order valence-electron chi connectivity index (χ2n) is 5.96. The third-order valence-electron chi connectivity index (χ3n) is 3.82. The highest BCUT2D eigenvalue weighted by molar-refractivity contribution is 6.39. The second-order valence-corrected chi connectivity index (χ2v) is 5.96. The first-order valence-electron chi connectivity index (χ1n) is 8.65. The van der Waals surface area contributed by atoms with Crippen LogP contribution in [0.5, 0.6) is 11.5 Å². The number of nitrogens with one attached hydrogen (secondary N) is 2. The molecule has 0 saturated heterocycles. The number of rotatable bonds is 5. The SMILES string of the molecule is Cc1ccccc1NC(=O)C(=O)NN=Cc1cccc(Oc2ccccc2)c1. The van der Waals surface area contributed by atoms with Crippen molar-refractivity contribution in [1.29, 1.82) is 0 Å². The fourth-order valence-electron chi connectivity index (χ4n) is 2.39. The van der Waals surface area contributed by atoms with Crippen LogP contribution in [0.3, 0.4) is 0 Å². The Morgan fingerprint density at radius 2 is 1.57 bits per heavy atom. The highest BCUT2D eigenvalue weighted by atomic mass is 16.5.